The van der Waals surface area contributed by atoms with Crippen molar-refractivity contribution < 1.29 is 5.11 Å². The van der Waals surface area contributed by atoms with Crippen molar-refractivity contribution in [3.05, 3.63) is 35.9 Å². The van der Waals surface area contributed by atoms with Gasteiger partial charge in [-0.3, -0.25) is 4.90 Å². The van der Waals surface area contributed by atoms with E-state index in [1.54, 1.807) is 0 Å². The first-order valence-electron chi connectivity index (χ1n) is 7.36. The topological polar surface area (TPSA) is 35.5 Å². The number of hydrogen-bond acceptors (Lipinski definition) is 3. The molecule has 1 heterocycles. The molecule has 2 rings (SSSR count). The van der Waals surface area contributed by atoms with Crippen LogP contribution in [-0.2, 0) is 5.60 Å². The van der Waals surface area contributed by atoms with Gasteiger partial charge in [-0.2, -0.15) is 0 Å². The van der Waals surface area contributed by atoms with Gasteiger partial charge in [-0.1, -0.05) is 37.3 Å². The molecule has 0 aliphatic carbocycles. The Balaban J connectivity index is 2.04. The van der Waals surface area contributed by atoms with Gasteiger partial charge in [-0.15, -0.1) is 0 Å². The van der Waals surface area contributed by atoms with Crippen LogP contribution in [0.3, 0.4) is 0 Å². The van der Waals surface area contributed by atoms with E-state index in [-0.39, 0.29) is 0 Å². The lowest BCUT2D eigenvalue weighted by atomic mass is 9.94. The molecule has 106 valence electrons. The van der Waals surface area contributed by atoms with Crippen molar-refractivity contribution in [2.75, 3.05) is 26.2 Å². The molecule has 1 aliphatic heterocycles. The second-order valence-electron chi connectivity index (χ2n) is 5.70. The third kappa shape index (κ3) is 3.78. The van der Waals surface area contributed by atoms with Gasteiger partial charge in [-0.05, 0) is 38.4 Å². The van der Waals surface area contributed by atoms with Gasteiger partial charge in [0, 0.05) is 19.1 Å². The lowest BCUT2D eigenvalue weighted by Gasteiger charge is -2.38. The summed E-state index contributed by atoms with van der Waals surface area (Å²) < 4.78 is 0. The van der Waals surface area contributed by atoms with E-state index in [9.17, 15) is 5.11 Å². The van der Waals surface area contributed by atoms with E-state index in [0.29, 0.717) is 12.6 Å². The van der Waals surface area contributed by atoms with Crippen molar-refractivity contribution >= 4 is 0 Å². The number of likely N-dealkylation sites (N-methyl/N-ethyl adjacent to an activating group) is 1. The molecule has 0 spiro atoms. The predicted molar refractivity (Wildman–Crippen MR) is 79.2 cm³/mol. The molecule has 0 aromatic heterocycles. The molecule has 3 nitrogen and oxygen atoms in total. The molecular formula is C16H26N2O. The van der Waals surface area contributed by atoms with Crippen LogP contribution in [0.5, 0.6) is 0 Å². The minimum absolute atomic E-state index is 0.550. The average molecular weight is 262 g/mol. The molecule has 1 aromatic rings. The van der Waals surface area contributed by atoms with Crippen LogP contribution in [0.1, 0.15) is 32.3 Å². The Bertz CT molecular complexity index is 372. The number of piperidine rings is 1. The van der Waals surface area contributed by atoms with Crippen molar-refractivity contribution in [1.82, 2.24) is 10.2 Å². The van der Waals surface area contributed by atoms with Crippen LogP contribution in [0, 0.1) is 0 Å². The summed E-state index contributed by atoms with van der Waals surface area (Å²) in [5.41, 5.74) is 0.214. The maximum Gasteiger partial charge on any atom is 0.0994 e. The molecule has 1 fully saturated rings. The van der Waals surface area contributed by atoms with Crippen LogP contribution in [0.4, 0.5) is 0 Å². The maximum absolute atomic E-state index is 10.8. The highest BCUT2D eigenvalue weighted by atomic mass is 16.3. The van der Waals surface area contributed by atoms with E-state index in [2.05, 4.69) is 17.1 Å². The molecule has 0 bridgehead atoms. The van der Waals surface area contributed by atoms with E-state index in [4.69, 9.17) is 0 Å². The molecule has 2 N–H and O–H groups in total. The molecule has 19 heavy (non-hydrogen) atoms. The number of hydrogen-bond donors (Lipinski definition) is 2. The first-order chi connectivity index (χ1) is 9.13. The zero-order chi connectivity index (χ0) is 13.7. The summed E-state index contributed by atoms with van der Waals surface area (Å²) in [5, 5.41) is 14.2. The molecule has 0 saturated carbocycles. The highest BCUT2D eigenvalue weighted by Gasteiger charge is 2.29. The Morgan fingerprint density at radius 1 is 1.37 bits per heavy atom. The Labute approximate surface area is 116 Å². The van der Waals surface area contributed by atoms with Crippen LogP contribution >= 0.6 is 0 Å². The van der Waals surface area contributed by atoms with Gasteiger partial charge in [0.1, 0.15) is 0 Å². The molecule has 2 atom stereocenters. The minimum Gasteiger partial charge on any atom is -0.384 e. The fourth-order valence-corrected chi connectivity index (χ4v) is 2.93. The minimum atomic E-state index is -0.783. The standard InChI is InChI=1S/C16H26N2O/c1-3-18(15-10-7-11-17-12-15)13-16(2,19)14-8-5-4-6-9-14/h4-6,8-9,15,17,19H,3,7,10-13H2,1-2H3. The molecule has 1 aliphatic rings. The van der Waals surface area contributed by atoms with Gasteiger partial charge < -0.3 is 10.4 Å². The molecule has 1 saturated heterocycles. The normalized spacial score (nSPS) is 23.3. The maximum atomic E-state index is 10.8. The van der Waals surface area contributed by atoms with Crippen molar-refractivity contribution in [2.24, 2.45) is 0 Å². The molecule has 0 amide bonds. The Morgan fingerprint density at radius 3 is 2.68 bits per heavy atom. The number of nitrogens with zero attached hydrogens (tertiary/aromatic N) is 1. The fourth-order valence-electron chi connectivity index (χ4n) is 2.93. The number of rotatable bonds is 5. The summed E-state index contributed by atoms with van der Waals surface area (Å²) in [6, 6.07) is 10.5. The van der Waals surface area contributed by atoms with Crippen molar-refractivity contribution in [3.8, 4) is 0 Å². The number of benzene rings is 1. The SMILES string of the molecule is CCN(CC(C)(O)c1ccccc1)C1CCCNC1. The summed E-state index contributed by atoms with van der Waals surface area (Å²) in [5.74, 6) is 0. The summed E-state index contributed by atoms with van der Waals surface area (Å²) in [4.78, 5) is 2.40. The van der Waals surface area contributed by atoms with Crippen LogP contribution < -0.4 is 5.32 Å². The summed E-state index contributed by atoms with van der Waals surface area (Å²) in [6.07, 6.45) is 2.46. The van der Waals surface area contributed by atoms with Crippen molar-refractivity contribution in [2.45, 2.75) is 38.3 Å². The van der Waals surface area contributed by atoms with Crippen LogP contribution in [-0.4, -0.2) is 42.2 Å². The van der Waals surface area contributed by atoms with E-state index < -0.39 is 5.60 Å². The summed E-state index contributed by atoms with van der Waals surface area (Å²) in [7, 11) is 0. The molecular weight excluding hydrogens is 236 g/mol. The fraction of sp³-hybridized carbons (Fsp3) is 0.625. The van der Waals surface area contributed by atoms with E-state index >= 15 is 0 Å². The van der Waals surface area contributed by atoms with Crippen LogP contribution in [0.2, 0.25) is 0 Å². The monoisotopic (exact) mass is 262 g/mol. The Morgan fingerprint density at radius 2 is 2.11 bits per heavy atom. The lowest BCUT2D eigenvalue weighted by molar-refractivity contribution is 0.000242. The second kappa shape index (κ2) is 6.51. The molecule has 1 aromatic carbocycles. The molecule has 0 radical (unpaired) electrons. The summed E-state index contributed by atoms with van der Waals surface area (Å²) >= 11 is 0. The van der Waals surface area contributed by atoms with Gasteiger partial charge in [0.25, 0.3) is 0 Å². The zero-order valence-electron chi connectivity index (χ0n) is 12.1. The molecule has 3 heteroatoms. The van der Waals surface area contributed by atoms with Gasteiger partial charge in [0.05, 0.1) is 5.60 Å². The lowest BCUT2D eigenvalue weighted by Crippen LogP contribution is -2.50. The largest absolute Gasteiger partial charge is 0.384 e. The molecule has 2 unspecified atom stereocenters. The second-order valence-corrected chi connectivity index (χ2v) is 5.70. The van der Waals surface area contributed by atoms with E-state index in [1.165, 1.54) is 12.8 Å². The Kier molecular flexibility index (Phi) is 4.97. The van der Waals surface area contributed by atoms with Crippen molar-refractivity contribution in [3.63, 3.8) is 0 Å². The smallest absolute Gasteiger partial charge is 0.0994 e. The van der Waals surface area contributed by atoms with E-state index in [1.807, 2.05) is 37.3 Å². The Hall–Kier alpha value is -0.900. The highest BCUT2D eigenvalue weighted by molar-refractivity contribution is 5.21. The number of aliphatic hydroxyl groups is 1. The van der Waals surface area contributed by atoms with E-state index in [0.717, 1.165) is 25.2 Å². The number of nitrogens with one attached hydrogen (secondary N) is 1. The third-order valence-corrected chi connectivity index (χ3v) is 4.10. The zero-order valence-corrected chi connectivity index (χ0v) is 12.1. The predicted octanol–water partition coefficient (Wildman–Crippen LogP) is 1.97. The third-order valence-electron chi connectivity index (χ3n) is 4.10. The average Bonchev–Trinajstić information content (AvgIpc) is 2.47. The van der Waals surface area contributed by atoms with Crippen molar-refractivity contribution in [1.29, 1.82) is 0 Å². The summed E-state index contributed by atoms with van der Waals surface area (Å²) in [6.45, 7) is 7.94. The van der Waals surface area contributed by atoms with Gasteiger partial charge in [0.15, 0.2) is 0 Å². The van der Waals surface area contributed by atoms with Crippen LogP contribution in [0.25, 0.3) is 0 Å². The van der Waals surface area contributed by atoms with Gasteiger partial charge >= 0.3 is 0 Å². The first-order valence-corrected chi connectivity index (χ1v) is 7.36. The first kappa shape index (κ1) is 14.5. The quantitative estimate of drug-likeness (QED) is 0.851. The van der Waals surface area contributed by atoms with Gasteiger partial charge in [0.2, 0.25) is 0 Å². The van der Waals surface area contributed by atoms with Crippen LogP contribution in [0.15, 0.2) is 30.3 Å². The highest BCUT2D eigenvalue weighted by Crippen LogP contribution is 2.23. The van der Waals surface area contributed by atoms with Gasteiger partial charge in [-0.25, -0.2) is 0 Å².